The number of hydrogen-bond acceptors (Lipinski definition) is 6. The molecule has 0 aliphatic carbocycles. The lowest BCUT2D eigenvalue weighted by atomic mass is 10.2. The molecule has 1 aliphatic rings. The third-order valence-electron chi connectivity index (χ3n) is 3.17. The molecule has 0 bridgehead atoms. The van der Waals surface area contributed by atoms with Crippen LogP contribution in [0, 0.1) is 0 Å². The fraction of sp³-hybridized carbons (Fsp3) is 0.667. The Kier molecular flexibility index (Phi) is 4.26. The van der Waals surface area contributed by atoms with Crippen molar-refractivity contribution in [1.29, 1.82) is 0 Å². The van der Waals surface area contributed by atoms with E-state index in [0.717, 1.165) is 24.2 Å². The Hall–Kier alpha value is -1.76. The number of morpholine rings is 1. The summed E-state index contributed by atoms with van der Waals surface area (Å²) in [5.74, 6) is -0.550. The Morgan fingerprint density at radius 3 is 2.74 bits per heavy atom. The molecule has 104 valence electrons. The van der Waals surface area contributed by atoms with Gasteiger partial charge in [-0.05, 0) is 12.8 Å². The lowest BCUT2D eigenvalue weighted by Gasteiger charge is -2.32. The van der Waals surface area contributed by atoms with Gasteiger partial charge < -0.3 is 14.7 Å². The predicted octanol–water partition coefficient (Wildman–Crippen LogP) is 0.286. The summed E-state index contributed by atoms with van der Waals surface area (Å²) in [5.41, 5.74) is 1.74. The average molecular weight is 266 g/mol. The van der Waals surface area contributed by atoms with Crippen LogP contribution in [0.5, 0.6) is 0 Å². The van der Waals surface area contributed by atoms with E-state index in [1.165, 1.54) is 0 Å². The van der Waals surface area contributed by atoms with Crippen molar-refractivity contribution < 1.29 is 14.6 Å². The fourth-order valence-corrected chi connectivity index (χ4v) is 2.10. The number of aliphatic carboxylic acids is 1. The molecule has 1 aromatic heterocycles. The van der Waals surface area contributed by atoms with Crippen LogP contribution in [0.2, 0.25) is 0 Å². The molecule has 1 aliphatic heterocycles. The van der Waals surface area contributed by atoms with Gasteiger partial charge in [-0.25, -0.2) is 9.78 Å². The van der Waals surface area contributed by atoms with E-state index in [-0.39, 0.29) is 6.61 Å². The molecule has 1 unspecified atom stereocenters. The van der Waals surface area contributed by atoms with Crippen molar-refractivity contribution in [3.8, 4) is 0 Å². The minimum atomic E-state index is -0.930. The highest BCUT2D eigenvalue weighted by Crippen LogP contribution is 2.16. The van der Waals surface area contributed by atoms with Gasteiger partial charge in [-0.15, -0.1) is 5.10 Å². The monoisotopic (exact) mass is 266 g/mol. The summed E-state index contributed by atoms with van der Waals surface area (Å²) < 4.78 is 5.20. The summed E-state index contributed by atoms with van der Waals surface area (Å²) in [5, 5.41) is 17.4. The second-order valence-electron chi connectivity index (χ2n) is 4.33. The van der Waals surface area contributed by atoms with Crippen LogP contribution in [0.1, 0.15) is 25.2 Å². The van der Waals surface area contributed by atoms with E-state index < -0.39 is 12.0 Å². The number of hydrogen-bond donors (Lipinski definition) is 1. The number of aromatic nitrogens is 3. The Morgan fingerprint density at radius 1 is 1.37 bits per heavy atom. The first-order valence-corrected chi connectivity index (χ1v) is 6.47. The predicted molar refractivity (Wildman–Crippen MR) is 68.2 cm³/mol. The van der Waals surface area contributed by atoms with E-state index in [2.05, 4.69) is 15.2 Å². The van der Waals surface area contributed by atoms with Gasteiger partial charge in [0.15, 0.2) is 6.04 Å². The molecule has 0 saturated carbocycles. The average Bonchev–Trinajstić information content (AvgIpc) is 2.46. The Morgan fingerprint density at radius 2 is 2.11 bits per heavy atom. The first-order valence-electron chi connectivity index (χ1n) is 6.47. The van der Waals surface area contributed by atoms with E-state index in [1.54, 1.807) is 4.90 Å². The maximum Gasteiger partial charge on any atom is 0.328 e. The first-order chi connectivity index (χ1) is 9.17. The molecule has 2 rings (SSSR count). The van der Waals surface area contributed by atoms with Crippen LogP contribution in [0.15, 0.2) is 0 Å². The van der Waals surface area contributed by atoms with Crippen LogP contribution in [-0.4, -0.2) is 52.1 Å². The molecule has 0 amide bonds. The number of rotatable bonds is 4. The van der Waals surface area contributed by atoms with Gasteiger partial charge in [0.05, 0.1) is 24.6 Å². The summed E-state index contributed by atoms with van der Waals surface area (Å²) >= 11 is 0. The van der Waals surface area contributed by atoms with Crippen molar-refractivity contribution >= 4 is 11.9 Å². The molecule has 0 radical (unpaired) electrons. The van der Waals surface area contributed by atoms with Gasteiger partial charge in [-0.3, -0.25) is 0 Å². The summed E-state index contributed by atoms with van der Waals surface area (Å²) in [4.78, 5) is 17.3. The fourth-order valence-electron chi connectivity index (χ4n) is 2.10. The number of nitrogens with zero attached hydrogens (tertiary/aromatic N) is 4. The summed E-state index contributed by atoms with van der Waals surface area (Å²) in [6.45, 7) is 5.09. The van der Waals surface area contributed by atoms with E-state index in [4.69, 9.17) is 4.74 Å². The molecule has 1 saturated heterocycles. The van der Waals surface area contributed by atoms with Crippen molar-refractivity contribution in [2.75, 3.05) is 24.7 Å². The van der Waals surface area contributed by atoms with Crippen LogP contribution in [0.25, 0.3) is 0 Å². The molecule has 7 nitrogen and oxygen atoms in total. The molecule has 0 aromatic carbocycles. The van der Waals surface area contributed by atoms with E-state index in [9.17, 15) is 9.90 Å². The highest BCUT2D eigenvalue weighted by molar-refractivity contribution is 5.77. The van der Waals surface area contributed by atoms with Crippen LogP contribution in [0.3, 0.4) is 0 Å². The van der Waals surface area contributed by atoms with Crippen LogP contribution in [-0.2, 0) is 22.4 Å². The first kappa shape index (κ1) is 13.7. The maximum absolute atomic E-state index is 11.2. The number of ether oxygens (including phenoxy) is 1. The number of carboxylic acid groups (broad SMARTS) is 1. The van der Waals surface area contributed by atoms with Gasteiger partial charge in [-0.2, -0.15) is 5.10 Å². The van der Waals surface area contributed by atoms with Crippen molar-refractivity contribution in [2.45, 2.75) is 32.7 Å². The van der Waals surface area contributed by atoms with Gasteiger partial charge in [0, 0.05) is 6.54 Å². The van der Waals surface area contributed by atoms with Crippen molar-refractivity contribution in [3.63, 3.8) is 0 Å². The minimum absolute atomic E-state index is 0.148. The van der Waals surface area contributed by atoms with E-state index in [0.29, 0.717) is 19.1 Å². The van der Waals surface area contributed by atoms with E-state index >= 15 is 0 Å². The molecule has 1 N–H and O–H groups in total. The SMILES string of the molecule is CCc1nnc(N2CCOCC2C(=O)O)nc1CC. The molecule has 19 heavy (non-hydrogen) atoms. The molecule has 1 aromatic rings. The van der Waals surface area contributed by atoms with Crippen molar-refractivity contribution in [1.82, 2.24) is 15.2 Å². The Bertz CT molecular complexity index is 466. The number of carboxylic acids is 1. The Labute approximate surface area is 111 Å². The zero-order valence-corrected chi connectivity index (χ0v) is 11.2. The normalized spacial score (nSPS) is 19.5. The Balaban J connectivity index is 2.31. The standard InChI is InChI=1S/C12H18N4O3/c1-3-8-9(4-2)14-15-12(13-8)16-5-6-19-7-10(16)11(17)18/h10H,3-7H2,1-2H3,(H,17,18). The molecule has 0 spiro atoms. The van der Waals surface area contributed by atoms with Gasteiger partial charge in [0.2, 0.25) is 5.95 Å². The highest BCUT2D eigenvalue weighted by Gasteiger charge is 2.31. The second kappa shape index (κ2) is 5.92. The highest BCUT2D eigenvalue weighted by atomic mass is 16.5. The zero-order chi connectivity index (χ0) is 13.8. The summed E-state index contributed by atoms with van der Waals surface area (Å²) in [6, 6.07) is -0.743. The smallest absolute Gasteiger partial charge is 0.328 e. The summed E-state index contributed by atoms with van der Waals surface area (Å²) in [7, 11) is 0. The van der Waals surface area contributed by atoms with Crippen LogP contribution < -0.4 is 4.90 Å². The topological polar surface area (TPSA) is 88.4 Å². The van der Waals surface area contributed by atoms with Gasteiger partial charge in [0.25, 0.3) is 0 Å². The van der Waals surface area contributed by atoms with Gasteiger partial charge in [-0.1, -0.05) is 13.8 Å². The molecule has 1 fully saturated rings. The number of aryl methyl sites for hydroxylation is 2. The molecule has 7 heteroatoms. The lowest BCUT2D eigenvalue weighted by Crippen LogP contribution is -2.51. The summed E-state index contributed by atoms with van der Waals surface area (Å²) in [6.07, 6.45) is 1.53. The number of carbonyl (C=O) groups is 1. The third-order valence-corrected chi connectivity index (χ3v) is 3.17. The van der Waals surface area contributed by atoms with Gasteiger partial charge in [0.1, 0.15) is 0 Å². The van der Waals surface area contributed by atoms with Crippen molar-refractivity contribution in [3.05, 3.63) is 11.4 Å². The van der Waals surface area contributed by atoms with Crippen LogP contribution in [0.4, 0.5) is 5.95 Å². The maximum atomic E-state index is 11.2. The van der Waals surface area contributed by atoms with Crippen molar-refractivity contribution in [2.24, 2.45) is 0 Å². The minimum Gasteiger partial charge on any atom is -0.480 e. The molecular formula is C12H18N4O3. The lowest BCUT2D eigenvalue weighted by molar-refractivity contribution is -0.141. The van der Waals surface area contributed by atoms with E-state index in [1.807, 2.05) is 13.8 Å². The molecule has 2 heterocycles. The largest absolute Gasteiger partial charge is 0.480 e. The zero-order valence-electron chi connectivity index (χ0n) is 11.2. The second-order valence-corrected chi connectivity index (χ2v) is 4.33. The third kappa shape index (κ3) is 2.81. The molecular weight excluding hydrogens is 248 g/mol. The molecule has 1 atom stereocenters. The van der Waals surface area contributed by atoms with Crippen LogP contribution >= 0.6 is 0 Å². The van der Waals surface area contributed by atoms with Gasteiger partial charge >= 0.3 is 5.97 Å². The number of anilines is 1. The quantitative estimate of drug-likeness (QED) is 0.837.